The monoisotopic (exact) mass is 265 g/mol. The number of nitrogens with zero attached hydrogens (tertiary/aromatic N) is 3. The maximum Gasteiger partial charge on any atom is 0.322 e. The summed E-state index contributed by atoms with van der Waals surface area (Å²) in [5.41, 5.74) is 0. The Morgan fingerprint density at radius 1 is 1.22 bits per heavy atom. The van der Waals surface area contributed by atoms with Crippen LogP contribution in [-0.4, -0.2) is 28.6 Å². The van der Waals surface area contributed by atoms with Gasteiger partial charge in [-0.2, -0.15) is 15.0 Å². The highest BCUT2D eigenvalue weighted by molar-refractivity contribution is 7.09. The van der Waals surface area contributed by atoms with Gasteiger partial charge in [0.2, 0.25) is 11.9 Å². The molecule has 2 heterocycles. The Morgan fingerprint density at radius 3 is 2.61 bits per heavy atom. The number of thiophene rings is 1. The van der Waals surface area contributed by atoms with E-state index in [4.69, 9.17) is 4.74 Å². The molecule has 0 aliphatic carbocycles. The van der Waals surface area contributed by atoms with Crippen LogP contribution < -0.4 is 15.4 Å². The third kappa shape index (κ3) is 3.30. The SMILES string of the molecule is CCNc1nc(NCc2cccs2)nc(OC)n1. The van der Waals surface area contributed by atoms with E-state index in [1.165, 1.54) is 12.0 Å². The minimum absolute atomic E-state index is 0.301. The summed E-state index contributed by atoms with van der Waals surface area (Å²) < 4.78 is 5.04. The highest BCUT2D eigenvalue weighted by atomic mass is 32.1. The average molecular weight is 265 g/mol. The molecule has 96 valence electrons. The molecular weight excluding hydrogens is 250 g/mol. The third-order valence-electron chi connectivity index (χ3n) is 2.13. The maximum absolute atomic E-state index is 5.04. The number of aromatic nitrogens is 3. The summed E-state index contributed by atoms with van der Waals surface area (Å²) in [5.74, 6) is 1.02. The minimum atomic E-state index is 0.301. The Balaban J connectivity index is 2.08. The summed E-state index contributed by atoms with van der Waals surface area (Å²) in [6.07, 6.45) is 0. The van der Waals surface area contributed by atoms with Crippen LogP contribution in [0.4, 0.5) is 11.9 Å². The van der Waals surface area contributed by atoms with Crippen LogP contribution in [0, 0.1) is 0 Å². The van der Waals surface area contributed by atoms with Crippen molar-refractivity contribution in [1.29, 1.82) is 0 Å². The Hall–Kier alpha value is -1.89. The molecule has 18 heavy (non-hydrogen) atoms. The molecule has 0 atom stereocenters. The lowest BCUT2D eigenvalue weighted by molar-refractivity contribution is 0.379. The van der Waals surface area contributed by atoms with Gasteiger partial charge in [-0.1, -0.05) is 6.07 Å². The van der Waals surface area contributed by atoms with E-state index in [1.54, 1.807) is 11.3 Å². The van der Waals surface area contributed by atoms with Crippen LogP contribution in [0.3, 0.4) is 0 Å². The third-order valence-corrected chi connectivity index (χ3v) is 3.01. The van der Waals surface area contributed by atoms with E-state index < -0.39 is 0 Å². The van der Waals surface area contributed by atoms with Gasteiger partial charge in [-0.15, -0.1) is 11.3 Å². The van der Waals surface area contributed by atoms with Crippen LogP contribution in [0.25, 0.3) is 0 Å². The summed E-state index contributed by atoms with van der Waals surface area (Å²) >= 11 is 1.69. The maximum atomic E-state index is 5.04. The van der Waals surface area contributed by atoms with Crippen molar-refractivity contribution < 1.29 is 4.74 Å². The highest BCUT2D eigenvalue weighted by Gasteiger charge is 2.06. The molecule has 0 unspecified atom stereocenters. The molecule has 0 saturated carbocycles. The molecule has 2 rings (SSSR count). The predicted octanol–water partition coefficient (Wildman–Crippen LogP) is 1.99. The van der Waals surface area contributed by atoms with Gasteiger partial charge in [0.1, 0.15) is 0 Å². The van der Waals surface area contributed by atoms with Crippen molar-refractivity contribution >= 4 is 23.2 Å². The minimum Gasteiger partial charge on any atom is -0.467 e. The van der Waals surface area contributed by atoms with Crippen LogP contribution in [0.5, 0.6) is 6.01 Å². The normalized spacial score (nSPS) is 10.1. The number of rotatable bonds is 6. The molecule has 2 aromatic rings. The van der Waals surface area contributed by atoms with Crippen LogP contribution in [0.2, 0.25) is 0 Å². The van der Waals surface area contributed by atoms with Crippen molar-refractivity contribution in [1.82, 2.24) is 15.0 Å². The molecule has 0 aromatic carbocycles. The van der Waals surface area contributed by atoms with Crippen LogP contribution in [0.15, 0.2) is 17.5 Å². The number of nitrogens with one attached hydrogen (secondary N) is 2. The second-order valence-corrected chi connectivity index (χ2v) is 4.46. The molecule has 0 fully saturated rings. The zero-order chi connectivity index (χ0) is 12.8. The number of hydrogen-bond donors (Lipinski definition) is 2. The van der Waals surface area contributed by atoms with Gasteiger partial charge in [-0.05, 0) is 18.4 Å². The first-order valence-corrected chi connectivity index (χ1v) is 6.50. The highest BCUT2D eigenvalue weighted by Crippen LogP contribution is 2.13. The van der Waals surface area contributed by atoms with Crippen LogP contribution in [0.1, 0.15) is 11.8 Å². The van der Waals surface area contributed by atoms with Crippen molar-refractivity contribution in [2.24, 2.45) is 0 Å². The summed E-state index contributed by atoms with van der Waals surface area (Å²) in [4.78, 5) is 13.7. The lowest BCUT2D eigenvalue weighted by Crippen LogP contribution is -2.09. The smallest absolute Gasteiger partial charge is 0.322 e. The molecule has 7 heteroatoms. The molecular formula is C11H15N5OS. The van der Waals surface area contributed by atoms with Gasteiger partial charge >= 0.3 is 6.01 Å². The second-order valence-electron chi connectivity index (χ2n) is 3.43. The van der Waals surface area contributed by atoms with Gasteiger partial charge in [-0.25, -0.2) is 0 Å². The van der Waals surface area contributed by atoms with Crippen molar-refractivity contribution in [3.63, 3.8) is 0 Å². The zero-order valence-electron chi connectivity index (χ0n) is 10.3. The van der Waals surface area contributed by atoms with Crippen molar-refractivity contribution in [2.45, 2.75) is 13.5 Å². The Bertz CT molecular complexity index is 488. The first-order chi connectivity index (χ1) is 8.81. The average Bonchev–Trinajstić information content (AvgIpc) is 2.89. The largest absolute Gasteiger partial charge is 0.467 e. The number of methoxy groups -OCH3 is 1. The topological polar surface area (TPSA) is 72.0 Å². The fourth-order valence-electron chi connectivity index (χ4n) is 1.34. The lowest BCUT2D eigenvalue weighted by atomic mass is 10.5. The second kappa shape index (κ2) is 6.15. The lowest BCUT2D eigenvalue weighted by Gasteiger charge is -2.07. The van der Waals surface area contributed by atoms with Crippen molar-refractivity contribution in [2.75, 3.05) is 24.3 Å². The molecule has 0 bridgehead atoms. The van der Waals surface area contributed by atoms with E-state index in [0.717, 1.165) is 6.54 Å². The van der Waals surface area contributed by atoms with Gasteiger partial charge in [-0.3, -0.25) is 0 Å². The Kier molecular flexibility index (Phi) is 4.30. The first kappa shape index (κ1) is 12.6. The van der Waals surface area contributed by atoms with E-state index >= 15 is 0 Å². The molecule has 6 nitrogen and oxygen atoms in total. The molecule has 0 saturated heterocycles. The number of anilines is 2. The quantitative estimate of drug-likeness (QED) is 0.832. The molecule has 0 amide bonds. The molecule has 0 aliphatic heterocycles. The van der Waals surface area contributed by atoms with Gasteiger partial charge in [0.05, 0.1) is 13.7 Å². The van der Waals surface area contributed by atoms with E-state index in [-0.39, 0.29) is 0 Å². The molecule has 2 N–H and O–H groups in total. The molecule has 0 radical (unpaired) electrons. The fourth-order valence-corrected chi connectivity index (χ4v) is 1.99. The van der Waals surface area contributed by atoms with Crippen LogP contribution >= 0.6 is 11.3 Å². The van der Waals surface area contributed by atoms with E-state index in [9.17, 15) is 0 Å². The van der Waals surface area contributed by atoms with E-state index in [2.05, 4.69) is 31.7 Å². The van der Waals surface area contributed by atoms with Gasteiger partial charge in [0.25, 0.3) is 0 Å². The Morgan fingerprint density at radius 2 is 2.00 bits per heavy atom. The number of hydrogen-bond acceptors (Lipinski definition) is 7. The van der Waals surface area contributed by atoms with E-state index in [1.807, 2.05) is 18.4 Å². The Labute approximate surface area is 109 Å². The van der Waals surface area contributed by atoms with Crippen molar-refractivity contribution in [3.8, 4) is 6.01 Å². The van der Waals surface area contributed by atoms with Crippen LogP contribution in [-0.2, 0) is 6.54 Å². The zero-order valence-corrected chi connectivity index (χ0v) is 11.1. The summed E-state index contributed by atoms with van der Waals surface area (Å²) in [6, 6.07) is 4.37. The standard InChI is InChI=1S/C11H15N5OS/c1-3-12-9-14-10(16-11(15-9)17-2)13-7-8-5-4-6-18-8/h4-6H,3,7H2,1-2H3,(H2,12,13,14,15,16). The van der Waals surface area contributed by atoms with Gasteiger partial charge in [0.15, 0.2) is 0 Å². The van der Waals surface area contributed by atoms with Gasteiger partial charge < -0.3 is 15.4 Å². The fraction of sp³-hybridized carbons (Fsp3) is 0.364. The van der Waals surface area contributed by atoms with Crippen molar-refractivity contribution in [3.05, 3.63) is 22.4 Å². The predicted molar refractivity (Wildman–Crippen MR) is 72.2 cm³/mol. The molecule has 2 aromatic heterocycles. The number of ether oxygens (including phenoxy) is 1. The van der Waals surface area contributed by atoms with Gasteiger partial charge in [0, 0.05) is 11.4 Å². The molecule has 0 aliphatic rings. The summed E-state index contributed by atoms with van der Waals surface area (Å²) in [7, 11) is 1.54. The van der Waals surface area contributed by atoms with E-state index in [0.29, 0.717) is 24.5 Å². The summed E-state index contributed by atoms with van der Waals surface area (Å²) in [6.45, 7) is 3.42. The summed E-state index contributed by atoms with van der Waals surface area (Å²) in [5, 5.41) is 8.22. The molecule has 0 spiro atoms. The first-order valence-electron chi connectivity index (χ1n) is 5.62.